The summed E-state index contributed by atoms with van der Waals surface area (Å²) in [6, 6.07) is 13.5. The van der Waals surface area contributed by atoms with Crippen LogP contribution in [-0.4, -0.2) is 12.2 Å². The van der Waals surface area contributed by atoms with E-state index in [1.165, 1.54) is 5.56 Å². The first-order valence-corrected chi connectivity index (χ1v) is 6.49. The normalized spacial score (nSPS) is 12.2. The monoisotopic (exact) mass is 306 g/mol. The lowest BCUT2D eigenvalue weighted by molar-refractivity contribution is 0.214. The van der Waals surface area contributed by atoms with Gasteiger partial charge in [-0.15, -0.1) is 0 Å². The number of aryl methyl sites for hydroxylation is 1. The summed E-state index contributed by atoms with van der Waals surface area (Å²) in [6.45, 7) is 2.02. The lowest BCUT2D eigenvalue weighted by Crippen LogP contribution is -2.02. The van der Waals surface area contributed by atoms with Crippen LogP contribution < -0.4 is 4.74 Å². The smallest absolute Gasteiger partial charge is 0.126 e. The zero-order valence-corrected chi connectivity index (χ0v) is 11.9. The van der Waals surface area contributed by atoms with E-state index in [1.807, 2.05) is 49.4 Å². The van der Waals surface area contributed by atoms with Crippen LogP contribution in [0.25, 0.3) is 0 Å². The van der Waals surface area contributed by atoms with Crippen molar-refractivity contribution in [2.75, 3.05) is 7.11 Å². The first kappa shape index (κ1) is 13.1. The molecule has 0 aromatic heterocycles. The van der Waals surface area contributed by atoms with Gasteiger partial charge in [0.2, 0.25) is 0 Å². The summed E-state index contributed by atoms with van der Waals surface area (Å²) in [5.41, 5.74) is 2.81. The number of hydrogen-bond donors (Lipinski definition) is 1. The zero-order chi connectivity index (χ0) is 13.1. The highest BCUT2D eigenvalue weighted by molar-refractivity contribution is 9.10. The Morgan fingerprint density at radius 2 is 1.78 bits per heavy atom. The van der Waals surface area contributed by atoms with E-state index in [0.717, 1.165) is 15.6 Å². The lowest BCUT2D eigenvalue weighted by Gasteiger charge is -2.15. The van der Waals surface area contributed by atoms with E-state index >= 15 is 0 Å². The maximum Gasteiger partial charge on any atom is 0.126 e. The average Bonchev–Trinajstić information content (AvgIpc) is 2.38. The van der Waals surface area contributed by atoms with Crippen LogP contribution in [-0.2, 0) is 0 Å². The van der Waals surface area contributed by atoms with E-state index in [4.69, 9.17) is 4.74 Å². The maximum absolute atomic E-state index is 10.4. The van der Waals surface area contributed by atoms with Gasteiger partial charge in [0.25, 0.3) is 0 Å². The Labute approximate surface area is 115 Å². The molecule has 94 valence electrons. The molecule has 0 bridgehead atoms. The molecule has 3 heteroatoms. The van der Waals surface area contributed by atoms with Crippen LogP contribution in [0.15, 0.2) is 46.9 Å². The molecule has 2 rings (SSSR count). The molecule has 0 aliphatic carbocycles. The Bertz CT molecular complexity index is 535. The van der Waals surface area contributed by atoms with Crippen LogP contribution in [0.5, 0.6) is 5.75 Å². The van der Waals surface area contributed by atoms with Gasteiger partial charge in [-0.2, -0.15) is 0 Å². The number of aliphatic hydroxyl groups is 1. The molecule has 0 aliphatic heterocycles. The van der Waals surface area contributed by atoms with Crippen molar-refractivity contribution in [2.24, 2.45) is 0 Å². The fourth-order valence-electron chi connectivity index (χ4n) is 1.84. The topological polar surface area (TPSA) is 29.5 Å². The molecule has 1 N–H and O–H groups in total. The van der Waals surface area contributed by atoms with Gasteiger partial charge in [-0.3, -0.25) is 0 Å². The molecule has 0 aliphatic rings. The summed E-state index contributed by atoms with van der Waals surface area (Å²) >= 11 is 3.39. The van der Waals surface area contributed by atoms with Crippen molar-refractivity contribution in [3.8, 4) is 5.75 Å². The molecule has 0 saturated heterocycles. The van der Waals surface area contributed by atoms with Crippen LogP contribution in [0.2, 0.25) is 0 Å². The first-order chi connectivity index (χ1) is 8.61. The van der Waals surface area contributed by atoms with E-state index < -0.39 is 6.10 Å². The Morgan fingerprint density at radius 1 is 1.11 bits per heavy atom. The highest BCUT2D eigenvalue weighted by Gasteiger charge is 2.15. The zero-order valence-electron chi connectivity index (χ0n) is 10.4. The number of methoxy groups -OCH3 is 1. The highest BCUT2D eigenvalue weighted by Crippen LogP contribution is 2.32. The van der Waals surface area contributed by atoms with E-state index in [-0.39, 0.29) is 0 Å². The molecule has 0 fully saturated rings. The largest absolute Gasteiger partial charge is 0.496 e. The van der Waals surface area contributed by atoms with Gasteiger partial charge in [0.15, 0.2) is 0 Å². The van der Waals surface area contributed by atoms with Crippen molar-refractivity contribution in [3.05, 3.63) is 63.6 Å². The minimum absolute atomic E-state index is 0.673. The van der Waals surface area contributed by atoms with Gasteiger partial charge >= 0.3 is 0 Å². The molecule has 0 heterocycles. The molecule has 2 aromatic rings. The van der Waals surface area contributed by atoms with Crippen LogP contribution in [0.3, 0.4) is 0 Å². The van der Waals surface area contributed by atoms with Gasteiger partial charge < -0.3 is 9.84 Å². The molecule has 1 atom stereocenters. The maximum atomic E-state index is 10.4. The Morgan fingerprint density at radius 3 is 2.39 bits per heavy atom. The molecule has 0 spiro atoms. The summed E-state index contributed by atoms with van der Waals surface area (Å²) in [6.07, 6.45) is -0.673. The fourth-order valence-corrected chi connectivity index (χ4v) is 2.18. The van der Waals surface area contributed by atoms with Gasteiger partial charge in [0, 0.05) is 10.0 Å². The van der Waals surface area contributed by atoms with Crippen LogP contribution in [0, 0.1) is 6.92 Å². The molecule has 2 aromatic carbocycles. The summed E-state index contributed by atoms with van der Waals surface area (Å²) in [7, 11) is 1.60. The second-order valence-electron chi connectivity index (χ2n) is 4.20. The second-order valence-corrected chi connectivity index (χ2v) is 5.12. The molecule has 0 radical (unpaired) electrons. The van der Waals surface area contributed by atoms with Crippen molar-refractivity contribution >= 4 is 15.9 Å². The SMILES string of the molecule is COc1cc(Br)ccc1C(O)c1ccc(C)cc1. The number of rotatable bonds is 3. The van der Waals surface area contributed by atoms with E-state index in [9.17, 15) is 5.11 Å². The second kappa shape index (κ2) is 5.55. The Kier molecular flexibility index (Phi) is 4.04. The minimum atomic E-state index is -0.673. The predicted octanol–water partition coefficient (Wildman–Crippen LogP) is 3.85. The third kappa shape index (κ3) is 2.74. The third-order valence-electron chi connectivity index (χ3n) is 2.88. The number of ether oxygens (including phenoxy) is 1. The fraction of sp³-hybridized carbons (Fsp3) is 0.200. The summed E-state index contributed by atoms with van der Waals surface area (Å²) in [4.78, 5) is 0. The molecule has 0 amide bonds. The van der Waals surface area contributed by atoms with E-state index in [1.54, 1.807) is 7.11 Å². The van der Waals surface area contributed by atoms with Gasteiger partial charge in [-0.25, -0.2) is 0 Å². The van der Waals surface area contributed by atoms with E-state index in [2.05, 4.69) is 15.9 Å². The summed E-state index contributed by atoms with van der Waals surface area (Å²) in [5, 5.41) is 10.4. The van der Waals surface area contributed by atoms with Crippen molar-refractivity contribution in [2.45, 2.75) is 13.0 Å². The minimum Gasteiger partial charge on any atom is -0.496 e. The molecule has 2 nitrogen and oxygen atoms in total. The number of hydrogen-bond acceptors (Lipinski definition) is 2. The predicted molar refractivity (Wildman–Crippen MR) is 75.9 cm³/mol. The number of halogens is 1. The molecule has 18 heavy (non-hydrogen) atoms. The highest BCUT2D eigenvalue weighted by atomic mass is 79.9. The van der Waals surface area contributed by atoms with Gasteiger partial charge in [0.1, 0.15) is 11.9 Å². The first-order valence-electron chi connectivity index (χ1n) is 5.70. The van der Waals surface area contributed by atoms with Gasteiger partial charge in [-0.05, 0) is 24.6 Å². The number of benzene rings is 2. The van der Waals surface area contributed by atoms with Crippen LogP contribution >= 0.6 is 15.9 Å². The summed E-state index contributed by atoms with van der Waals surface area (Å²) < 4.78 is 6.23. The van der Waals surface area contributed by atoms with Crippen molar-refractivity contribution < 1.29 is 9.84 Å². The third-order valence-corrected chi connectivity index (χ3v) is 3.38. The Hall–Kier alpha value is -1.32. The van der Waals surface area contributed by atoms with Crippen LogP contribution in [0.4, 0.5) is 0 Å². The lowest BCUT2D eigenvalue weighted by atomic mass is 10.00. The van der Waals surface area contributed by atoms with E-state index in [0.29, 0.717) is 5.75 Å². The quantitative estimate of drug-likeness (QED) is 0.933. The van der Waals surface area contributed by atoms with Gasteiger partial charge in [0.05, 0.1) is 7.11 Å². The summed E-state index contributed by atoms with van der Waals surface area (Å²) in [5.74, 6) is 0.678. The Balaban J connectivity index is 2.39. The standard InChI is InChI=1S/C15H15BrO2/c1-10-3-5-11(6-4-10)15(17)13-8-7-12(16)9-14(13)18-2/h3-9,15,17H,1-2H3. The molecular formula is C15H15BrO2. The number of aliphatic hydroxyl groups excluding tert-OH is 1. The molecule has 0 saturated carbocycles. The van der Waals surface area contributed by atoms with Crippen molar-refractivity contribution in [1.82, 2.24) is 0 Å². The molecular weight excluding hydrogens is 292 g/mol. The van der Waals surface area contributed by atoms with Crippen LogP contribution in [0.1, 0.15) is 22.8 Å². The van der Waals surface area contributed by atoms with Crippen molar-refractivity contribution in [3.63, 3.8) is 0 Å². The van der Waals surface area contributed by atoms with Gasteiger partial charge in [-0.1, -0.05) is 51.8 Å². The molecule has 1 unspecified atom stereocenters. The van der Waals surface area contributed by atoms with Crippen molar-refractivity contribution in [1.29, 1.82) is 0 Å². The average molecular weight is 307 g/mol.